The zero-order valence-electron chi connectivity index (χ0n) is 9.54. The molecule has 1 heterocycles. The average Bonchev–Trinajstić information content (AvgIpc) is 2.30. The van der Waals surface area contributed by atoms with E-state index in [0.717, 1.165) is 5.56 Å². The summed E-state index contributed by atoms with van der Waals surface area (Å²) in [7, 11) is -3.56. The predicted octanol–water partition coefficient (Wildman–Crippen LogP) is 0.905. The first-order chi connectivity index (χ1) is 8.46. The number of carbonyl (C=O) groups excluding carboxylic acids is 1. The molecule has 2 N–H and O–H groups in total. The van der Waals surface area contributed by atoms with Crippen molar-refractivity contribution in [2.24, 2.45) is 4.40 Å². The van der Waals surface area contributed by atoms with Crippen molar-refractivity contribution in [2.45, 2.75) is 6.92 Å². The summed E-state index contributed by atoms with van der Waals surface area (Å²) in [6.45, 7) is 1.43. The predicted molar refractivity (Wildman–Crippen MR) is 69.3 cm³/mol. The molecule has 0 saturated carbocycles. The lowest BCUT2D eigenvalue weighted by Gasteiger charge is -2.09. The van der Waals surface area contributed by atoms with Crippen molar-refractivity contribution >= 4 is 33.6 Å². The zero-order chi connectivity index (χ0) is 13.2. The molecule has 1 amide bonds. The Hall–Kier alpha value is -2.15. The van der Waals surface area contributed by atoms with Crippen LogP contribution < -0.4 is 10.0 Å². The van der Waals surface area contributed by atoms with Gasteiger partial charge in [0, 0.05) is 24.4 Å². The first-order valence-corrected chi connectivity index (χ1v) is 6.56. The Morgan fingerprint density at radius 1 is 1.28 bits per heavy atom. The van der Waals surface area contributed by atoms with Crippen LogP contribution in [0.4, 0.5) is 5.69 Å². The van der Waals surface area contributed by atoms with Gasteiger partial charge in [-0.3, -0.25) is 9.52 Å². The van der Waals surface area contributed by atoms with E-state index >= 15 is 0 Å². The molecule has 18 heavy (non-hydrogen) atoms. The standard InChI is InChI=1S/C11H11N3O3S/c1-8(15)14-11-4-2-9(3-5-11)10-6-12-18(16,17)13-7-10/h2-7,12H,1H3,(H,14,15). The number of carbonyl (C=O) groups is 1. The van der Waals surface area contributed by atoms with Gasteiger partial charge in [-0.15, -0.1) is 0 Å². The van der Waals surface area contributed by atoms with E-state index in [4.69, 9.17) is 0 Å². The second-order valence-corrected chi connectivity index (χ2v) is 5.08. The van der Waals surface area contributed by atoms with Crippen LogP contribution in [-0.4, -0.2) is 20.5 Å². The lowest BCUT2D eigenvalue weighted by atomic mass is 10.1. The second kappa shape index (κ2) is 4.61. The highest BCUT2D eigenvalue weighted by Crippen LogP contribution is 2.17. The van der Waals surface area contributed by atoms with Crippen molar-refractivity contribution in [3.8, 4) is 0 Å². The SMILES string of the molecule is CC(=O)Nc1ccc(C2=CNS(=O)(=O)N=C2)cc1. The number of benzene rings is 1. The summed E-state index contributed by atoms with van der Waals surface area (Å²) in [5.74, 6) is -0.144. The number of nitrogens with one attached hydrogen (secondary N) is 2. The van der Waals surface area contributed by atoms with Gasteiger partial charge in [0.05, 0.1) is 6.21 Å². The van der Waals surface area contributed by atoms with E-state index in [1.165, 1.54) is 19.3 Å². The molecule has 1 aromatic carbocycles. The Labute approximate surface area is 105 Å². The summed E-state index contributed by atoms with van der Waals surface area (Å²) >= 11 is 0. The summed E-state index contributed by atoms with van der Waals surface area (Å²) in [6.07, 6.45) is 2.65. The smallest absolute Gasteiger partial charge is 0.326 e. The van der Waals surface area contributed by atoms with Gasteiger partial charge in [-0.2, -0.15) is 12.8 Å². The summed E-state index contributed by atoms with van der Waals surface area (Å²) in [4.78, 5) is 10.9. The quantitative estimate of drug-likeness (QED) is 0.833. The van der Waals surface area contributed by atoms with E-state index in [1.807, 2.05) is 0 Å². The first-order valence-electron chi connectivity index (χ1n) is 5.12. The summed E-state index contributed by atoms with van der Waals surface area (Å²) in [6, 6.07) is 6.99. The molecular weight excluding hydrogens is 254 g/mol. The largest absolute Gasteiger partial charge is 0.341 e. The van der Waals surface area contributed by atoms with Gasteiger partial charge in [0.2, 0.25) is 5.91 Å². The normalized spacial score (nSPS) is 16.6. The Kier molecular flexibility index (Phi) is 3.15. The van der Waals surface area contributed by atoms with Crippen molar-refractivity contribution in [3.63, 3.8) is 0 Å². The number of allylic oxidation sites excluding steroid dienone is 1. The number of rotatable bonds is 2. The molecule has 6 nitrogen and oxygen atoms in total. The van der Waals surface area contributed by atoms with Crippen LogP contribution >= 0.6 is 0 Å². The third-order valence-electron chi connectivity index (χ3n) is 2.23. The highest BCUT2D eigenvalue weighted by Gasteiger charge is 2.10. The van der Waals surface area contributed by atoms with Gasteiger partial charge in [-0.05, 0) is 17.7 Å². The molecule has 0 saturated heterocycles. The number of hydrogen-bond donors (Lipinski definition) is 2. The highest BCUT2D eigenvalue weighted by atomic mass is 32.2. The van der Waals surface area contributed by atoms with Crippen LogP contribution in [0.25, 0.3) is 5.57 Å². The van der Waals surface area contributed by atoms with Gasteiger partial charge in [0.15, 0.2) is 0 Å². The van der Waals surface area contributed by atoms with Crippen molar-refractivity contribution < 1.29 is 13.2 Å². The zero-order valence-corrected chi connectivity index (χ0v) is 10.4. The molecule has 1 aromatic rings. The molecule has 0 aliphatic carbocycles. The van der Waals surface area contributed by atoms with E-state index in [-0.39, 0.29) is 5.91 Å². The molecule has 2 rings (SSSR count). The summed E-state index contributed by atoms with van der Waals surface area (Å²) in [5, 5.41) is 2.64. The molecule has 0 radical (unpaired) electrons. The van der Waals surface area contributed by atoms with Crippen molar-refractivity contribution in [1.82, 2.24) is 4.72 Å². The molecule has 0 aromatic heterocycles. The van der Waals surface area contributed by atoms with Crippen LogP contribution in [0, 0.1) is 0 Å². The van der Waals surface area contributed by atoms with E-state index in [9.17, 15) is 13.2 Å². The lowest BCUT2D eigenvalue weighted by molar-refractivity contribution is -0.114. The molecule has 0 bridgehead atoms. The minimum absolute atomic E-state index is 0.144. The maximum Gasteiger partial charge on any atom is 0.341 e. The van der Waals surface area contributed by atoms with Crippen molar-refractivity contribution in [3.05, 3.63) is 36.0 Å². The van der Waals surface area contributed by atoms with Gasteiger partial charge in [-0.25, -0.2) is 0 Å². The summed E-state index contributed by atoms with van der Waals surface area (Å²) in [5.41, 5.74) is 2.13. The fraction of sp³-hybridized carbons (Fsp3) is 0.0909. The highest BCUT2D eigenvalue weighted by molar-refractivity contribution is 7.88. The molecule has 0 spiro atoms. The Morgan fingerprint density at radius 3 is 2.44 bits per heavy atom. The van der Waals surface area contributed by atoms with Crippen molar-refractivity contribution in [1.29, 1.82) is 0 Å². The average molecular weight is 265 g/mol. The molecule has 0 fully saturated rings. The van der Waals surface area contributed by atoms with E-state index in [2.05, 4.69) is 14.4 Å². The van der Waals surface area contributed by atoms with E-state index in [1.54, 1.807) is 24.3 Å². The fourth-order valence-corrected chi connectivity index (χ4v) is 2.03. The molecule has 1 aliphatic heterocycles. The first kappa shape index (κ1) is 12.3. The minimum atomic E-state index is -3.56. The molecule has 0 unspecified atom stereocenters. The Bertz CT molecular complexity index is 630. The molecule has 94 valence electrons. The lowest BCUT2D eigenvalue weighted by Crippen LogP contribution is -2.19. The van der Waals surface area contributed by atoms with Crippen LogP contribution in [0.5, 0.6) is 0 Å². The molecule has 0 atom stereocenters. The number of hydrogen-bond acceptors (Lipinski definition) is 3. The summed E-state index contributed by atoms with van der Waals surface area (Å²) < 4.78 is 27.6. The van der Waals surface area contributed by atoms with E-state index in [0.29, 0.717) is 11.3 Å². The third kappa shape index (κ3) is 2.95. The number of nitrogens with zero attached hydrogens (tertiary/aromatic N) is 1. The third-order valence-corrected chi connectivity index (χ3v) is 3.03. The Morgan fingerprint density at radius 2 is 1.94 bits per heavy atom. The van der Waals surface area contributed by atoms with Gasteiger partial charge in [-0.1, -0.05) is 12.1 Å². The number of anilines is 1. The Balaban J connectivity index is 2.19. The maximum atomic E-state index is 11.0. The van der Waals surface area contributed by atoms with Gasteiger partial charge < -0.3 is 5.32 Å². The molecule has 7 heteroatoms. The molecule has 1 aliphatic rings. The fourth-order valence-electron chi connectivity index (χ4n) is 1.44. The van der Waals surface area contributed by atoms with Crippen LogP contribution in [0.1, 0.15) is 12.5 Å². The van der Waals surface area contributed by atoms with Crippen LogP contribution in [0.15, 0.2) is 34.9 Å². The van der Waals surface area contributed by atoms with Crippen LogP contribution in [-0.2, 0) is 15.0 Å². The van der Waals surface area contributed by atoms with Gasteiger partial charge in [0.25, 0.3) is 0 Å². The van der Waals surface area contributed by atoms with Crippen LogP contribution in [0.2, 0.25) is 0 Å². The van der Waals surface area contributed by atoms with Gasteiger partial charge >= 0.3 is 10.2 Å². The minimum Gasteiger partial charge on any atom is -0.326 e. The van der Waals surface area contributed by atoms with Crippen LogP contribution in [0.3, 0.4) is 0 Å². The van der Waals surface area contributed by atoms with Crippen molar-refractivity contribution in [2.75, 3.05) is 5.32 Å². The van der Waals surface area contributed by atoms with Gasteiger partial charge in [0.1, 0.15) is 0 Å². The van der Waals surface area contributed by atoms with E-state index < -0.39 is 10.2 Å². The maximum absolute atomic E-state index is 11.0. The topological polar surface area (TPSA) is 87.6 Å². The number of amides is 1. The second-order valence-electron chi connectivity index (χ2n) is 3.69. The molecular formula is C11H11N3O3S. The monoisotopic (exact) mass is 265 g/mol.